The molecule has 0 saturated carbocycles. The second-order valence-corrected chi connectivity index (χ2v) is 11.6. The van der Waals surface area contributed by atoms with Gasteiger partial charge in [-0.25, -0.2) is 0 Å². The molecule has 0 unspecified atom stereocenters. The number of carbonyl (C=O) groups is 2. The molecule has 0 fully saturated rings. The number of alkyl halides is 3. The van der Waals surface area contributed by atoms with Crippen molar-refractivity contribution in [3.63, 3.8) is 0 Å². The fourth-order valence-electron chi connectivity index (χ4n) is 4.21. The van der Waals surface area contributed by atoms with Crippen LogP contribution in [-0.4, -0.2) is 23.5 Å². The third-order valence-corrected chi connectivity index (χ3v) is 7.05. The first kappa shape index (κ1) is 29.2. The molecule has 2 aromatic carbocycles. The van der Waals surface area contributed by atoms with Gasteiger partial charge in [-0.3, -0.25) is 9.59 Å². The number of ether oxygens (including phenoxy) is 1. The molecule has 38 heavy (non-hydrogen) atoms. The van der Waals surface area contributed by atoms with Gasteiger partial charge in [0.1, 0.15) is 11.9 Å². The maximum Gasteiger partial charge on any atom is 0.416 e. The van der Waals surface area contributed by atoms with Crippen molar-refractivity contribution < 1.29 is 32.6 Å². The Bertz CT molecular complexity index is 1270. The SMILES string of the molecule is Cc1cc(O[C@@H](CC(C)(C)C)c2ccc(C(=O)NCCC(=O)O)s2)cc(C)c1-c1ccc(C(F)(F)F)cc1. The van der Waals surface area contributed by atoms with Crippen LogP contribution in [0.15, 0.2) is 48.5 Å². The van der Waals surface area contributed by atoms with E-state index in [2.05, 4.69) is 26.1 Å². The quantitative estimate of drug-likeness (QED) is 0.286. The van der Waals surface area contributed by atoms with Gasteiger partial charge in [0.15, 0.2) is 0 Å². The van der Waals surface area contributed by atoms with Gasteiger partial charge in [0, 0.05) is 11.4 Å². The summed E-state index contributed by atoms with van der Waals surface area (Å²) in [6, 6.07) is 12.5. The van der Waals surface area contributed by atoms with Gasteiger partial charge in [-0.1, -0.05) is 32.9 Å². The average molecular weight is 548 g/mol. The van der Waals surface area contributed by atoms with E-state index >= 15 is 0 Å². The average Bonchev–Trinajstić information content (AvgIpc) is 3.27. The second kappa shape index (κ2) is 11.6. The highest BCUT2D eigenvalue weighted by Crippen LogP contribution is 2.39. The molecule has 3 aromatic rings. The van der Waals surface area contributed by atoms with Crippen molar-refractivity contribution in [3.05, 3.63) is 75.0 Å². The van der Waals surface area contributed by atoms with Gasteiger partial charge in [0.05, 0.1) is 16.9 Å². The monoisotopic (exact) mass is 547 g/mol. The number of thiophene rings is 1. The summed E-state index contributed by atoms with van der Waals surface area (Å²) >= 11 is 1.30. The number of benzene rings is 2. The highest BCUT2D eigenvalue weighted by molar-refractivity contribution is 7.14. The Morgan fingerprint density at radius 3 is 2.13 bits per heavy atom. The number of aryl methyl sites for hydroxylation is 2. The van der Waals surface area contributed by atoms with E-state index in [9.17, 15) is 22.8 Å². The molecule has 0 aliphatic heterocycles. The maximum absolute atomic E-state index is 13.0. The van der Waals surface area contributed by atoms with Crippen LogP contribution in [0.5, 0.6) is 5.75 Å². The highest BCUT2D eigenvalue weighted by atomic mass is 32.1. The predicted molar refractivity (Wildman–Crippen MR) is 143 cm³/mol. The molecule has 1 amide bonds. The molecule has 9 heteroatoms. The van der Waals surface area contributed by atoms with E-state index in [-0.39, 0.29) is 30.4 Å². The number of amides is 1. The van der Waals surface area contributed by atoms with Gasteiger partial charge >= 0.3 is 12.1 Å². The Hall–Kier alpha value is -3.33. The van der Waals surface area contributed by atoms with Crippen molar-refractivity contribution in [1.82, 2.24) is 5.32 Å². The Labute approximate surface area is 224 Å². The fraction of sp³-hybridized carbons (Fsp3) is 0.379. The third-order valence-electron chi connectivity index (χ3n) is 5.88. The zero-order valence-electron chi connectivity index (χ0n) is 22.0. The number of carbonyl (C=O) groups excluding carboxylic acids is 1. The van der Waals surface area contributed by atoms with Crippen LogP contribution in [0.1, 0.15) is 71.0 Å². The smallest absolute Gasteiger partial charge is 0.416 e. The lowest BCUT2D eigenvalue weighted by Crippen LogP contribution is -2.25. The fourth-order valence-corrected chi connectivity index (χ4v) is 5.17. The first-order chi connectivity index (χ1) is 17.6. The molecule has 0 bridgehead atoms. The Balaban J connectivity index is 1.85. The molecular weight excluding hydrogens is 515 g/mol. The van der Waals surface area contributed by atoms with Gasteiger partial charge in [-0.2, -0.15) is 13.2 Å². The molecule has 0 aliphatic carbocycles. The molecule has 0 aliphatic rings. The summed E-state index contributed by atoms with van der Waals surface area (Å²) in [7, 11) is 0. The minimum atomic E-state index is -4.39. The Kier molecular flexibility index (Phi) is 8.92. The van der Waals surface area contributed by atoms with Gasteiger partial charge < -0.3 is 15.2 Å². The number of carboxylic acid groups (broad SMARTS) is 1. The summed E-state index contributed by atoms with van der Waals surface area (Å²) in [6.45, 7) is 10.1. The lowest BCUT2D eigenvalue weighted by atomic mass is 9.88. The van der Waals surface area contributed by atoms with Crippen LogP contribution in [-0.2, 0) is 11.0 Å². The van der Waals surface area contributed by atoms with Crippen molar-refractivity contribution in [2.75, 3.05) is 6.54 Å². The normalized spacial score (nSPS) is 12.7. The summed E-state index contributed by atoms with van der Waals surface area (Å²) in [5.41, 5.74) is 2.53. The summed E-state index contributed by atoms with van der Waals surface area (Å²) in [5, 5.41) is 11.4. The zero-order valence-corrected chi connectivity index (χ0v) is 22.8. The lowest BCUT2D eigenvalue weighted by Gasteiger charge is -2.27. The Morgan fingerprint density at radius 2 is 1.61 bits per heavy atom. The number of hydrogen-bond donors (Lipinski definition) is 2. The molecule has 0 radical (unpaired) electrons. The van der Waals surface area contributed by atoms with Crippen molar-refractivity contribution in [2.45, 2.75) is 59.7 Å². The van der Waals surface area contributed by atoms with Gasteiger partial charge in [-0.15, -0.1) is 11.3 Å². The molecule has 0 spiro atoms. The number of halogens is 3. The van der Waals surface area contributed by atoms with Crippen LogP contribution in [0.25, 0.3) is 11.1 Å². The molecule has 1 aromatic heterocycles. The zero-order chi connectivity index (χ0) is 28.3. The van der Waals surface area contributed by atoms with E-state index < -0.39 is 17.7 Å². The van der Waals surface area contributed by atoms with Crippen molar-refractivity contribution >= 4 is 23.2 Å². The standard InChI is InChI=1S/C29H32F3NO4S/c1-17-14-21(15-18(2)26(17)19-6-8-20(9-7-19)29(30,31)32)37-22(16-28(3,4)5)23-10-11-24(38-23)27(36)33-13-12-25(34)35/h6-11,14-15,22H,12-13,16H2,1-5H3,(H,33,36)(H,34,35)/t22-/m0/s1. The van der Waals surface area contributed by atoms with Gasteiger partial charge in [-0.05, 0) is 84.3 Å². The second-order valence-electron chi connectivity index (χ2n) is 10.5. The molecule has 1 heterocycles. The topological polar surface area (TPSA) is 75.6 Å². The molecule has 2 N–H and O–H groups in total. The first-order valence-electron chi connectivity index (χ1n) is 12.2. The number of aliphatic carboxylic acids is 1. The first-order valence-corrected chi connectivity index (χ1v) is 13.0. The van der Waals surface area contributed by atoms with Crippen LogP contribution < -0.4 is 10.1 Å². The van der Waals surface area contributed by atoms with E-state index in [0.29, 0.717) is 22.6 Å². The Morgan fingerprint density at radius 1 is 1.00 bits per heavy atom. The molecule has 0 saturated heterocycles. The minimum Gasteiger partial charge on any atom is -0.485 e. The number of nitrogens with one attached hydrogen (secondary N) is 1. The van der Waals surface area contributed by atoms with E-state index in [1.807, 2.05) is 32.0 Å². The van der Waals surface area contributed by atoms with Gasteiger partial charge in [0.25, 0.3) is 5.91 Å². The summed E-state index contributed by atoms with van der Waals surface area (Å²) in [6.07, 6.45) is -4.20. The van der Waals surface area contributed by atoms with E-state index in [1.54, 1.807) is 6.07 Å². The summed E-state index contributed by atoms with van der Waals surface area (Å²) < 4.78 is 45.4. The van der Waals surface area contributed by atoms with E-state index in [0.717, 1.165) is 33.7 Å². The number of carboxylic acids is 1. The lowest BCUT2D eigenvalue weighted by molar-refractivity contribution is -0.138. The predicted octanol–water partition coefficient (Wildman–Crippen LogP) is 7.81. The number of rotatable bonds is 9. The van der Waals surface area contributed by atoms with Crippen molar-refractivity contribution in [1.29, 1.82) is 0 Å². The summed E-state index contributed by atoms with van der Waals surface area (Å²) in [4.78, 5) is 24.5. The van der Waals surface area contributed by atoms with Crippen LogP contribution in [0.4, 0.5) is 13.2 Å². The van der Waals surface area contributed by atoms with E-state index in [1.165, 1.54) is 23.5 Å². The summed E-state index contributed by atoms with van der Waals surface area (Å²) in [5.74, 6) is -0.680. The van der Waals surface area contributed by atoms with Gasteiger partial charge in [0.2, 0.25) is 0 Å². The minimum absolute atomic E-state index is 0.0488. The number of hydrogen-bond acceptors (Lipinski definition) is 4. The molecule has 1 atom stereocenters. The molecule has 5 nitrogen and oxygen atoms in total. The molecule has 3 rings (SSSR count). The van der Waals surface area contributed by atoms with Crippen LogP contribution in [0.2, 0.25) is 0 Å². The van der Waals surface area contributed by atoms with Crippen LogP contribution in [0.3, 0.4) is 0 Å². The molecular formula is C29H32F3NO4S. The largest absolute Gasteiger partial charge is 0.485 e. The van der Waals surface area contributed by atoms with Crippen LogP contribution in [0, 0.1) is 19.3 Å². The third kappa shape index (κ3) is 7.84. The van der Waals surface area contributed by atoms with Crippen molar-refractivity contribution in [2.24, 2.45) is 5.41 Å². The molecule has 204 valence electrons. The van der Waals surface area contributed by atoms with Crippen LogP contribution >= 0.6 is 11.3 Å². The van der Waals surface area contributed by atoms with Crippen molar-refractivity contribution in [3.8, 4) is 16.9 Å². The highest BCUT2D eigenvalue weighted by Gasteiger charge is 2.30. The maximum atomic E-state index is 13.0. The van der Waals surface area contributed by atoms with E-state index in [4.69, 9.17) is 9.84 Å².